The van der Waals surface area contributed by atoms with Crippen LogP contribution in [0.15, 0.2) is 24.3 Å². The largest absolute Gasteiger partial charge is 0.378 e. The molecule has 18 heavy (non-hydrogen) atoms. The first-order valence-electron chi connectivity index (χ1n) is 6.31. The van der Waals surface area contributed by atoms with E-state index in [4.69, 9.17) is 4.74 Å². The highest BCUT2D eigenvalue weighted by Crippen LogP contribution is 2.23. The maximum atomic E-state index is 12.9. The van der Waals surface area contributed by atoms with Gasteiger partial charge in [-0.25, -0.2) is 4.39 Å². The molecule has 1 saturated heterocycles. The molecule has 0 bridgehead atoms. The average Bonchev–Trinajstić information content (AvgIpc) is 2.38. The number of likely N-dealkylation sites (N-methyl/N-ethyl adjacent to an activating group) is 2. The molecule has 100 valence electrons. The van der Waals surface area contributed by atoms with Crippen LogP contribution in [-0.2, 0) is 4.74 Å². The second kappa shape index (κ2) is 5.67. The van der Waals surface area contributed by atoms with E-state index in [1.165, 1.54) is 12.1 Å². The zero-order valence-electron chi connectivity index (χ0n) is 11.3. The van der Waals surface area contributed by atoms with Crippen molar-refractivity contribution >= 4 is 5.69 Å². The Morgan fingerprint density at radius 3 is 2.61 bits per heavy atom. The fourth-order valence-electron chi connectivity index (χ4n) is 2.60. The van der Waals surface area contributed by atoms with E-state index in [-0.39, 0.29) is 11.9 Å². The molecule has 1 aromatic carbocycles. The molecular formula is C14H21FN2O. The Morgan fingerprint density at radius 1 is 1.33 bits per heavy atom. The summed E-state index contributed by atoms with van der Waals surface area (Å²) in [6.45, 7) is 2.00. The minimum absolute atomic E-state index is 0.193. The van der Waals surface area contributed by atoms with E-state index >= 15 is 0 Å². The highest BCUT2D eigenvalue weighted by atomic mass is 19.1. The van der Waals surface area contributed by atoms with Gasteiger partial charge in [0.05, 0.1) is 12.1 Å². The normalized spacial score (nSPS) is 25.1. The number of methoxy groups -OCH3 is 1. The lowest BCUT2D eigenvalue weighted by atomic mass is 10.00. The molecular weight excluding hydrogens is 231 g/mol. The Hall–Kier alpha value is -1.13. The van der Waals surface area contributed by atoms with Crippen LogP contribution in [0.4, 0.5) is 10.1 Å². The lowest BCUT2D eigenvalue weighted by molar-refractivity contribution is 0.0242. The van der Waals surface area contributed by atoms with E-state index in [1.807, 2.05) is 12.1 Å². The third kappa shape index (κ3) is 2.82. The van der Waals surface area contributed by atoms with Gasteiger partial charge in [-0.1, -0.05) is 0 Å². The SMILES string of the molecule is CO[C@H]1CN(C)CC[C@H]1N(C)c1ccc(F)cc1. The predicted octanol–water partition coefficient (Wildman–Crippen LogP) is 1.98. The van der Waals surface area contributed by atoms with Gasteiger partial charge >= 0.3 is 0 Å². The van der Waals surface area contributed by atoms with Crippen molar-refractivity contribution in [2.24, 2.45) is 0 Å². The second-order valence-corrected chi connectivity index (χ2v) is 4.98. The van der Waals surface area contributed by atoms with Gasteiger partial charge < -0.3 is 14.5 Å². The van der Waals surface area contributed by atoms with Gasteiger partial charge in [0, 0.05) is 26.4 Å². The molecule has 4 heteroatoms. The summed E-state index contributed by atoms with van der Waals surface area (Å²) in [6.07, 6.45) is 1.25. The molecule has 0 N–H and O–H groups in total. The number of hydrogen-bond acceptors (Lipinski definition) is 3. The minimum atomic E-state index is -0.196. The Labute approximate surface area is 108 Å². The first kappa shape index (κ1) is 13.3. The molecule has 2 atom stereocenters. The van der Waals surface area contributed by atoms with E-state index in [9.17, 15) is 4.39 Å². The maximum Gasteiger partial charge on any atom is 0.123 e. The van der Waals surface area contributed by atoms with Gasteiger partial charge in [-0.05, 0) is 44.3 Å². The lowest BCUT2D eigenvalue weighted by Gasteiger charge is -2.41. The van der Waals surface area contributed by atoms with Crippen LogP contribution in [0.2, 0.25) is 0 Å². The third-order valence-corrected chi connectivity index (χ3v) is 3.76. The Bertz CT molecular complexity index is 382. The zero-order valence-corrected chi connectivity index (χ0v) is 11.3. The van der Waals surface area contributed by atoms with Crippen LogP contribution >= 0.6 is 0 Å². The number of ether oxygens (including phenoxy) is 1. The minimum Gasteiger partial charge on any atom is -0.378 e. The highest BCUT2D eigenvalue weighted by molar-refractivity contribution is 5.46. The predicted molar refractivity (Wildman–Crippen MR) is 71.5 cm³/mol. The van der Waals surface area contributed by atoms with E-state index in [2.05, 4.69) is 23.9 Å². The topological polar surface area (TPSA) is 15.7 Å². The Kier molecular flexibility index (Phi) is 4.19. The van der Waals surface area contributed by atoms with Gasteiger partial charge in [-0.3, -0.25) is 0 Å². The number of nitrogens with zero attached hydrogens (tertiary/aromatic N) is 2. The number of piperidine rings is 1. The van der Waals surface area contributed by atoms with Gasteiger partial charge in [0.1, 0.15) is 5.82 Å². The van der Waals surface area contributed by atoms with E-state index in [0.29, 0.717) is 6.04 Å². The summed E-state index contributed by atoms with van der Waals surface area (Å²) in [5.41, 5.74) is 1.04. The molecule has 1 aliphatic heterocycles. The van der Waals surface area contributed by atoms with Crippen molar-refractivity contribution in [3.63, 3.8) is 0 Å². The fourth-order valence-corrected chi connectivity index (χ4v) is 2.60. The summed E-state index contributed by atoms with van der Waals surface area (Å²) in [5.74, 6) is -0.196. The summed E-state index contributed by atoms with van der Waals surface area (Å²) in [4.78, 5) is 4.48. The summed E-state index contributed by atoms with van der Waals surface area (Å²) < 4.78 is 18.5. The number of benzene rings is 1. The number of halogens is 1. The van der Waals surface area contributed by atoms with Crippen LogP contribution in [-0.4, -0.2) is 51.3 Å². The molecule has 1 heterocycles. The van der Waals surface area contributed by atoms with E-state index < -0.39 is 0 Å². The van der Waals surface area contributed by atoms with Crippen molar-refractivity contribution < 1.29 is 9.13 Å². The van der Waals surface area contributed by atoms with Crippen molar-refractivity contribution in [1.29, 1.82) is 0 Å². The summed E-state index contributed by atoms with van der Waals surface area (Å²) in [7, 11) is 5.92. The zero-order chi connectivity index (χ0) is 13.1. The van der Waals surface area contributed by atoms with Gasteiger partial charge in [0.25, 0.3) is 0 Å². The third-order valence-electron chi connectivity index (χ3n) is 3.76. The molecule has 0 amide bonds. The van der Waals surface area contributed by atoms with Gasteiger partial charge in [-0.2, -0.15) is 0 Å². The molecule has 0 saturated carbocycles. The first-order chi connectivity index (χ1) is 8.61. The van der Waals surface area contributed by atoms with Crippen LogP contribution < -0.4 is 4.90 Å². The highest BCUT2D eigenvalue weighted by Gasteiger charge is 2.30. The fraction of sp³-hybridized carbons (Fsp3) is 0.571. The van der Waals surface area contributed by atoms with E-state index in [1.54, 1.807) is 7.11 Å². The molecule has 2 rings (SSSR count). The smallest absolute Gasteiger partial charge is 0.123 e. The van der Waals surface area contributed by atoms with Crippen LogP contribution in [0.5, 0.6) is 0 Å². The van der Waals surface area contributed by atoms with Crippen LogP contribution in [0.1, 0.15) is 6.42 Å². The lowest BCUT2D eigenvalue weighted by Crippen LogP contribution is -2.53. The molecule has 1 fully saturated rings. The molecule has 0 radical (unpaired) electrons. The second-order valence-electron chi connectivity index (χ2n) is 4.98. The van der Waals surface area contributed by atoms with Crippen LogP contribution in [0.3, 0.4) is 0 Å². The first-order valence-corrected chi connectivity index (χ1v) is 6.31. The summed E-state index contributed by atoms with van der Waals surface area (Å²) in [5, 5.41) is 0. The number of likely N-dealkylation sites (tertiary alicyclic amines) is 1. The summed E-state index contributed by atoms with van der Waals surface area (Å²) in [6, 6.07) is 6.99. The van der Waals surface area contributed by atoms with Gasteiger partial charge in [0.2, 0.25) is 0 Å². The van der Waals surface area contributed by atoms with Crippen molar-refractivity contribution in [2.45, 2.75) is 18.6 Å². The van der Waals surface area contributed by atoms with Crippen molar-refractivity contribution in [3.8, 4) is 0 Å². The standard InChI is InChI=1S/C14H21FN2O/c1-16-9-8-13(14(10-16)18-3)17(2)12-6-4-11(15)5-7-12/h4-7,13-14H,8-10H2,1-3H3/t13-,14+/m1/s1. The quantitative estimate of drug-likeness (QED) is 0.818. The molecule has 0 spiro atoms. The maximum absolute atomic E-state index is 12.9. The van der Waals surface area contributed by atoms with Crippen LogP contribution in [0.25, 0.3) is 0 Å². The van der Waals surface area contributed by atoms with E-state index in [0.717, 1.165) is 25.2 Å². The van der Waals surface area contributed by atoms with Crippen molar-refractivity contribution in [2.75, 3.05) is 39.2 Å². The number of rotatable bonds is 3. The van der Waals surface area contributed by atoms with Gasteiger partial charge in [0.15, 0.2) is 0 Å². The van der Waals surface area contributed by atoms with Crippen molar-refractivity contribution in [1.82, 2.24) is 4.90 Å². The molecule has 3 nitrogen and oxygen atoms in total. The average molecular weight is 252 g/mol. The summed E-state index contributed by atoms with van der Waals surface area (Å²) >= 11 is 0. The number of hydrogen-bond donors (Lipinski definition) is 0. The number of anilines is 1. The Morgan fingerprint density at radius 2 is 2.00 bits per heavy atom. The monoisotopic (exact) mass is 252 g/mol. The molecule has 0 unspecified atom stereocenters. The molecule has 1 aromatic rings. The Balaban J connectivity index is 2.11. The van der Waals surface area contributed by atoms with Gasteiger partial charge in [-0.15, -0.1) is 0 Å². The molecule has 1 aliphatic rings. The van der Waals surface area contributed by atoms with Crippen LogP contribution in [0, 0.1) is 5.82 Å². The molecule has 0 aliphatic carbocycles. The molecule has 0 aromatic heterocycles. The van der Waals surface area contributed by atoms with Crippen molar-refractivity contribution in [3.05, 3.63) is 30.1 Å².